The number of aryl methyl sites for hydroxylation is 2. The van der Waals surface area contributed by atoms with Gasteiger partial charge in [0.15, 0.2) is 5.82 Å². The lowest BCUT2D eigenvalue weighted by atomic mass is 10.00. The zero-order valence-corrected chi connectivity index (χ0v) is 10.7. The number of nitrogens with zero attached hydrogens (tertiary/aromatic N) is 3. The lowest BCUT2D eigenvalue weighted by Gasteiger charge is -2.18. The fourth-order valence-corrected chi connectivity index (χ4v) is 2.22. The maximum Gasteiger partial charge on any atom is 0.150 e. The van der Waals surface area contributed by atoms with Gasteiger partial charge < -0.3 is 10.5 Å². The summed E-state index contributed by atoms with van der Waals surface area (Å²) in [6.07, 6.45) is 2.85. The first kappa shape index (κ1) is 12.5. The molecule has 17 heavy (non-hydrogen) atoms. The lowest BCUT2D eigenvalue weighted by molar-refractivity contribution is 0.178. The minimum atomic E-state index is 0.120. The highest BCUT2D eigenvalue weighted by atomic mass is 16.5. The Morgan fingerprint density at radius 3 is 2.88 bits per heavy atom. The Balaban J connectivity index is 2.03. The van der Waals surface area contributed by atoms with E-state index in [4.69, 9.17) is 10.5 Å². The van der Waals surface area contributed by atoms with Crippen LogP contribution in [0.15, 0.2) is 0 Å². The fraction of sp³-hybridized carbons (Fsp3) is 0.833. The molecule has 0 amide bonds. The highest BCUT2D eigenvalue weighted by Crippen LogP contribution is 2.17. The normalized spacial score (nSPS) is 21.9. The van der Waals surface area contributed by atoms with Crippen LogP contribution in [0, 0.1) is 5.92 Å². The van der Waals surface area contributed by atoms with Gasteiger partial charge in [-0.25, -0.2) is 9.67 Å². The van der Waals surface area contributed by atoms with Crippen molar-refractivity contribution in [3.05, 3.63) is 11.6 Å². The molecule has 0 saturated carbocycles. The molecule has 0 aliphatic carbocycles. The van der Waals surface area contributed by atoms with Crippen LogP contribution in [0.5, 0.6) is 0 Å². The van der Waals surface area contributed by atoms with Crippen LogP contribution in [0.25, 0.3) is 0 Å². The highest BCUT2D eigenvalue weighted by Gasteiger charge is 2.24. The summed E-state index contributed by atoms with van der Waals surface area (Å²) in [5.41, 5.74) is 6.22. The Morgan fingerprint density at radius 1 is 1.47 bits per heavy atom. The van der Waals surface area contributed by atoms with E-state index in [1.165, 1.54) is 0 Å². The van der Waals surface area contributed by atoms with Crippen molar-refractivity contribution in [1.29, 1.82) is 0 Å². The van der Waals surface area contributed by atoms with Gasteiger partial charge in [0, 0.05) is 31.4 Å². The van der Waals surface area contributed by atoms with E-state index >= 15 is 0 Å². The summed E-state index contributed by atoms with van der Waals surface area (Å²) in [6, 6.07) is 0.120. The smallest absolute Gasteiger partial charge is 0.150 e. The second-order valence-electron chi connectivity index (χ2n) is 4.62. The molecule has 2 atom stereocenters. The molecule has 1 aromatic heterocycles. The van der Waals surface area contributed by atoms with E-state index in [1.54, 1.807) is 0 Å². The summed E-state index contributed by atoms with van der Waals surface area (Å²) in [5, 5.41) is 4.50. The zero-order valence-electron chi connectivity index (χ0n) is 10.7. The van der Waals surface area contributed by atoms with Crippen LogP contribution < -0.4 is 5.73 Å². The molecule has 1 aliphatic heterocycles. The van der Waals surface area contributed by atoms with E-state index in [0.717, 1.165) is 50.7 Å². The average molecular weight is 238 g/mol. The minimum Gasteiger partial charge on any atom is -0.381 e. The van der Waals surface area contributed by atoms with Crippen molar-refractivity contribution in [3.8, 4) is 0 Å². The summed E-state index contributed by atoms with van der Waals surface area (Å²) < 4.78 is 7.35. The lowest BCUT2D eigenvalue weighted by Crippen LogP contribution is -2.35. The highest BCUT2D eigenvalue weighted by molar-refractivity contribution is 4.93. The molecule has 2 unspecified atom stereocenters. The molecule has 1 fully saturated rings. The topological polar surface area (TPSA) is 66.0 Å². The van der Waals surface area contributed by atoms with Crippen LogP contribution in [0.2, 0.25) is 0 Å². The molecule has 0 bridgehead atoms. The molecule has 0 aromatic carbocycles. The van der Waals surface area contributed by atoms with E-state index < -0.39 is 0 Å². The van der Waals surface area contributed by atoms with Crippen LogP contribution in [0.4, 0.5) is 0 Å². The molecular weight excluding hydrogens is 216 g/mol. The molecule has 5 nitrogen and oxygen atoms in total. The fourth-order valence-electron chi connectivity index (χ4n) is 2.22. The molecular formula is C12H22N4O. The number of ether oxygens (including phenoxy) is 1. The third kappa shape index (κ3) is 2.84. The number of hydrogen-bond acceptors (Lipinski definition) is 4. The van der Waals surface area contributed by atoms with Gasteiger partial charge in [-0.2, -0.15) is 5.10 Å². The van der Waals surface area contributed by atoms with Crippen LogP contribution in [0.1, 0.15) is 31.9 Å². The van der Waals surface area contributed by atoms with Crippen molar-refractivity contribution in [1.82, 2.24) is 14.8 Å². The molecule has 5 heteroatoms. The third-order valence-corrected chi connectivity index (χ3v) is 3.38. The van der Waals surface area contributed by atoms with E-state index in [9.17, 15) is 0 Å². The van der Waals surface area contributed by atoms with Gasteiger partial charge in [-0.05, 0) is 6.42 Å². The summed E-state index contributed by atoms with van der Waals surface area (Å²) in [6.45, 7) is 6.56. The molecule has 1 aliphatic rings. The molecule has 1 aromatic rings. The Morgan fingerprint density at radius 2 is 2.29 bits per heavy atom. The van der Waals surface area contributed by atoms with Gasteiger partial charge >= 0.3 is 0 Å². The van der Waals surface area contributed by atoms with Crippen molar-refractivity contribution in [3.63, 3.8) is 0 Å². The monoisotopic (exact) mass is 238 g/mol. The minimum absolute atomic E-state index is 0.120. The van der Waals surface area contributed by atoms with Gasteiger partial charge in [-0.15, -0.1) is 0 Å². The summed E-state index contributed by atoms with van der Waals surface area (Å²) in [5.74, 6) is 2.42. The first-order chi connectivity index (χ1) is 8.24. The van der Waals surface area contributed by atoms with Crippen molar-refractivity contribution in [2.24, 2.45) is 11.7 Å². The van der Waals surface area contributed by atoms with E-state index in [-0.39, 0.29) is 6.04 Å². The van der Waals surface area contributed by atoms with Gasteiger partial charge in [0.2, 0.25) is 0 Å². The Labute approximate surface area is 102 Å². The van der Waals surface area contributed by atoms with E-state index in [0.29, 0.717) is 5.92 Å². The van der Waals surface area contributed by atoms with Crippen LogP contribution in [-0.4, -0.2) is 34.0 Å². The quantitative estimate of drug-likeness (QED) is 0.822. The predicted octanol–water partition coefficient (Wildman–Crippen LogP) is 0.767. The predicted molar refractivity (Wildman–Crippen MR) is 65.7 cm³/mol. The molecule has 2 rings (SSSR count). The Kier molecular flexibility index (Phi) is 4.12. The first-order valence-electron chi connectivity index (χ1n) is 6.50. The second-order valence-corrected chi connectivity index (χ2v) is 4.62. The van der Waals surface area contributed by atoms with Gasteiger partial charge in [0.05, 0.1) is 13.2 Å². The number of nitrogens with two attached hydrogens (primary N) is 1. The van der Waals surface area contributed by atoms with Crippen molar-refractivity contribution in [2.45, 2.75) is 45.7 Å². The van der Waals surface area contributed by atoms with Crippen LogP contribution in [-0.2, 0) is 24.1 Å². The zero-order chi connectivity index (χ0) is 12.3. The molecule has 96 valence electrons. The third-order valence-electron chi connectivity index (χ3n) is 3.38. The SMILES string of the molecule is CCc1nc(CC)n(CC(N)C2CCOC2)n1. The van der Waals surface area contributed by atoms with Crippen molar-refractivity contribution in [2.75, 3.05) is 13.2 Å². The van der Waals surface area contributed by atoms with Gasteiger partial charge in [-0.3, -0.25) is 0 Å². The van der Waals surface area contributed by atoms with Crippen molar-refractivity contribution < 1.29 is 4.74 Å². The summed E-state index contributed by atoms with van der Waals surface area (Å²) in [7, 11) is 0. The molecule has 2 heterocycles. The number of hydrogen-bond donors (Lipinski definition) is 1. The number of aromatic nitrogens is 3. The summed E-state index contributed by atoms with van der Waals surface area (Å²) in [4.78, 5) is 4.49. The van der Waals surface area contributed by atoms with Crippen molar-refractivity contribution >= 4 is 0 Å². The number of rotatable bonds is 5. The van der Waals surface area contributed by atoms with Gasteiger partial charge in [-0.1, -0.05) is 13.8 Å². The standard InChI is InChI=1S/C12H22N4O/c1-3-11-14-12(4-2)16(15-11)7-10(13)9-5-6-17-8-9/h9-10H,3-8,13H2,1-2H3. The van der Waals surface area contributed by atoms with Crippen LogP contribution in [0.3, 0.4) is 0 Å². The maximum atomic E-state index is 6.22. The second kappa shape index (κ2) is 5.60. The molecule has 0 radical (unpaired) electrons. The van der Waals surface area contributed by atoms with E-state index in [1.807, 2.05) is 4.68 Å². The largest absolute Gasteiger partial charge is 0.381 e. The van der Waals surface area contributed by atoms with Crippen LogP contribution >= 0.6 is 0 Å². The summed E-state index contributed by atoms with van der Waals surface area (Å²) >= 11 is 0. The van der Waals surface area contributed by atoms with Gasteiger partial charge in [0.25, 0.3) is 0 Å². The Bertz CT molecular complexity index is 357. The molecule has 1 saturated heterocycles. The van der Waals surface area contributed by atoms with E-state index in [2.05, 4.69) is 23.9 Å². The Hall–Kier alpha value is -0.940. The molecule has 0 spiro atoms. The maximum absolute atomic E-state index is 6.22. The van der Waals surface area contributed by atoms with Gasteiger partial charge in [0.1, 0.15) is 5.82 Å². The first-order valence-corrected chi connectivity index (χ1v) is 6.50. The average Bonchev–Trinajstić information content (AvgIpc) is 2.97. The molecule has 2 N–H and O–H groups in total.